The van der Waals surface area contributed by atoms with Crippen molar-refractivity contribution in [3.63, 3.8) is 0 Å². The van der Waals surface area contributed by atoms with E-state index in [1.165, 1.54) is 0 Å². The van der Waals surface area contributed by atoms with Gasteiger partial charge in [-0.3, -0.25) is 9.89 Å². The van der Waals surface area contributed by atoms with Gasteiger partial charge in [0.2, 0.25) is 0 Å². The zero-order valence-electron chi connectivity index (χ0n) is 18.4. The highest BCUT2D eigenvalue weighted by Gasteiger charge is 2.29. The zero-order chi connectivity index (χ0) is 22.3. The van der Waals surface area contributed by atoms with Crippen LogP contribution in [0.25, 0.3) is 11.0 Å². The summed E-state index contributed by atoms with van der Waals surface area (Å²) < 4.78 is 5.44. The first-order chi connectivity index (χ1) is 14.6. The third-order valence-corrected chi connectivity index (χ3v) is 5.15. The van der Waals surface area contributed by atoms with Crippen molar-refractivity contribution in [2.24, 2.45) is 0 Å². The van der Waals surface area contributed by atoms with E-state index in [2.05, 4.69) is 25.5 Å². The number of hydrogen-bond donors (Lipinski definition) is 2. The fourth-order valence-corrected chi connectivity index (χ4v) is 3.46. The summed E-state index contributed by atoms with van der Waals surface area (Å²) in [4.78, 5) is 35.8. The highest BCUT2D eigenvalue weighted by Crippen LogP contribution is 2.25. The van der Waals surface area contributed by atoms with Crippen LogP contribution in [0.1, 0.15) is 53.8 Å². The molecule has 2 amide bonds. The summed E-state index contributed by atoms with van der Waals surface area (Å²) in [6.45, 7) is 10.2. The number of H-pyrrole nitrogens is 1. The quantitative estimate of drug-likeness (QED) is 0.653. The number of rotatable bonds is 2. The molecule has 0 saturated carbocycles. The first-order valence-electron chi connectivity index (χ1n) is 10.2. The number of carbonyl (C=O) groups is 2. The number of aromatic amines is 1. The molecule has 1 aliphatic rings. The molecule has 0 bridgehead atoms. The molecule has 162 valence electrons. The van der Waals surface area contributed by atoms with Crippen LogP contribution in [-0.2, 0) is 17.7 Å². The lowest BCUT2D eigenvalue weighted by atomic mass is 10.1. The lowest BCUT2D eigenvalue weighted by Crippen LogP contribution is -2.39. The molecule has 0 unspecified atom stereocenters. The maximum absolute atomic E-state index is 12.8. The molecule has 0 fully saturated rings. The largest absolute Gasteiger partial charge is 0.444 e. The van der Waals surface area contributed by atoms with Gasteiger partial charge in [0, 0.05) is 17.7 Å². The topological polar surface area (TPSA) is 113 Å². The van der Waals surface area contributed by atoms with Crippen molar-refractivity contribution in [2.75, 3.05) is 11.9 Å². The van der Waals surface area contributed by atoms with E-state index in [1.54, 1.807) is 23.1 Å². The van der Waals surface area contributed by atoms with Gasteiger partial charge in [-0.2, -0.15) is 5.10 Å². The zero-order valence-corrected chi connectivity index (χ0v) is 18.4. The highest BCUT2D eigenvalue weighted by atomic mass is 16.6. The number of carbonyl (C=O) groups excluding carboxylic acids is 2. The van der Waals surface area contributed by atoms with Gasteiger partial charge in [-0.25, -0.2) is 14.8 Å². The number of aryl methyl sites for hydroxylation is 2. The molecule has 1 aromatic carbocycles. The molecule has 2 aromatic heterocycles. The molecule has 9 heteroatoms. The molecule has 0 radical (unpaired) electrons. The van der Waals surface area contributed by atoms with Crippen molar-refractivity contribution in [1.29, 1.82) is 0 Å². The summed E-state index contributed by atoms with van der Waals surface area (Å²) in [6, 6.07) is 5.25. The van der Waals surface area contributed by atoms with E-state index >= 15 is 0 Å². The first-order valence-corrected chi connectivity index (χ1v) is 10.2. The number of anilines is 1. The molecule has 0 spiro atoms. The van der Waals surface area contributed by atoms with Crippen LogP contribution in [0.3, 0.4) is 0 Å². The van der Waals surface area contributed by atoms with Crippen LogP contribution < -0.4 is 5.32 Å². The van der Waals surface area contributed by atoms with Crippen LogP contribution >= 0.6 is 0 Å². The standard InChI is InChI=1S/C22H26N6O3/c1-12-13(2)24-17-10-14(6-7-16(17)23-12)20(29)25-19-15-8-9-28(11-18(15)26-27-19)21(30)31-22(3,4)5/h6-7,10H,8-9,11H2,1-5H3,(H2,25,26,27,29). The second-order valence-corrected chi connectivity index (χ2v) is 8.73. The number of hydrogen-bond acceptors (Lipinski definition) is 6. The second kappa shape index (κ2) is 7.64. The van der Waals surface area contributed by atoms with Crippen LogP contribution in [0, 0.1) is 13.8 Å². The van der Waals surface area contributed by atoms with Gasteiger partial charge in [0.1, 0.15) is 5.60 Å². The van der Waals surface area contributed by atoms with Crippen LogP contribution in [0.5, 0.6) is 0 Å². The third kappa shape index (κ3) is 4.35. The summed E-state index contributed by atoms with van der Waals surface area (Å²) in [5.74, 6) is 0.209. The number of ether oxygens (including phenoxy) is 1. The molecule has 4 rings (SSSR count). The van der Waals surface area contributed by atoms with Gasteiger partial charge in [0.15, 0.2) is 5.82 Å². The second-order valence-electron chi connectivity index (χ2n) is 8.73. The van der Waals surface area contributed by atoms with Gasteiger partial charge in [0.25, 0.3) is 5.91 Å². The normalized spacial score (nSPS) is 13.8. The van der Waals surface area contributed by atoms with Crippen molar-refractivity contribution in [1.82, 2.24) is 25.1 Å². The first kappa shape index (κ1) is 20.8. The van der Waals surface area contributed by atoms with E-state index in [1.807, 2.05) is 34.6 Å². The number of nitrogens with zero attached hydrogens (tertiary/aromatic N) is 4. The average molecular weight is 422 g/mol. The van der Waals surface area contributed by atoms with Gasteiger partial charge in [-0.1, -0.05) is 0 Å². The summed E-state index contributed by atoms with van der Waals surface area (Å²) >= 11 is 0. The van der Waals surface area contributed by atoms with Crippen LogP contribution in [0.2, 0.25) is 0 Å². The van der Waals surface area contributed by atoms with E-state index in [0.717, 1.165) is 28.2 Å². The predicted molar refractivity (Wildman–Crippen MR) is 116 cm³/mol. The Labute approximate surface area is 180 Å². The number of amides is 2. The molecule has 2 N–H and O–H groups in total. The number of benzene rings is 1. The van der Waals surface area contributed by atoms with Crippen LogP contribution in [0.4, 0.5) is 10.6 Å². The minimum Gasteiger partial charge on any atom is -0.444 e. The lowest BCUT2D eigenvalue weighted by Gasteiger charge is -2.29. The monoisotopic (exact) mass is 422 g/mol. The van der Waals surface area contributed by atoms with Gasteiger partial charge in [-0.05, 0) is 59.2 Å². The van der Waals surface area contributed by atoms with E-state index < -0.39 is 5.60 Å². The molecule has 1 aliphatic heterocycles. The Kier molecular flexibility index (Phi) is 5.12. The van der Waals surface area contributed by atoms with E-state index in [4.69, 9.17) is 4.74 Å². The molecule has 0 aliphatic carbocycles. The predicted octanol–water partition coefficient (Wildman–Crippen LogP) is 3.52. The Bertz CT molecular complexity index is 1180. The smallest absolute Gasteiger partial charge is 0.410 e. The molecular weight excluding hydrogens is 396 g/mol. The molecule has 9 nitrogen and oxygen atoms in total. The number of aromatic nitrogens is 4. The van der Waals surface area contributed by atoms with Crippen LogP contribution in [0.15, 0.2) is 18.2 Å². The third-order valence-electron chi connectivity index (χ3n) is 5.15. The Balaban J connectivity index is 1.49. The molecule has 0 atom stereocenters. The average Bonchev–Trinajstić information content (AvgIpc) is 3.09. The maximum Gasteiger partial charge on any atom is 0.410 e. The Hall–Kier alpha value is -3.49. The van der Waals surface area contributed by atoms with Crippen molar-refractivity contribution >= 4 is 28.9 Å². The summed E-state index contributed by atoms with van der Waals surface area (Å²) in [7, 11) is 0. The molecule has 3 heterocycles. The van der Waals surface area contributed by atoms with E-state index in [-0.39, 0.29) is 12.0 Å². The summed E-state index contributed by atoms with van der Waals surface area (Å²) in [6.07, 6.45) is 0.212. The summed E-state index contributed by atoms with van der Waals surface area (Å²) in [5.41, 5.74) is 4.75. The fraction of sp³-hybridized carbons (Fsp3) is 0.409. The van der Waals surface area contributed by atoms with Crippen molar-refractivity contribution in [3.05, 3.63) is 46.4 Å². The van der Waals surface area contributed by atoms with Gasteiger partial charge in [0.05, 0.1) is 34.7 Å². The molecule has 31 heavy (non-hydrogen) atoms. The Morgan fingerprint density at radius 3 is 2.55 bits per heavy atom. The van der Waals surface area contributed by atoms with E-state index in [0.29, 0.717) is 36.4 Å². The summed E-state index contributed by atoms with van der Waals surface area (Å²) in [5, 5.41) is 10.1. The van der Waals surface area contributed by atoms with Crippen molar-refractivity contribution < 1.29 is 14.3 Å². The minimum absolute atomic E-state index is 0.272. The minimum atomic E-state index is -0.550. The number of nitrogens with one attached hydrogen (secondary N) is 2. The Morgan fingerprint density at radius 2 is 1.84 bits per heavy atom. The SMILES string of the molecule is Cc1nc2ccc(C(=O)Nc3n[nH]c4c3CCN(C(=O)OC(C)(C)C)C4)cc2nc1C. The van der Waals surface area contributed by atoms with E-state index in [9.17, 15) is 9.59 Å². The van der Waals surface area contributed by atoms with Crippen LogP contribution in [-0.4, -0.2) is 49.2 Å². The highest BCUT2D eigenvalue weighted by molar-refractivity contribution is 6.05. The number of fused-ring (bicyclic) bond motifs is 2. The molecule has 0 saturated heterocycles. The van der Waals surface area contributed by atoms with Gasteiger partial charge >= 0.3 is 6.09 Å². The van der Waals surface area contributed by atoms with Crippen molar-refractivity contribution in [3.8, 4) is 0 Å². The lowest BCUT2D eigenvalue weighted by molar-refractivity contribution is 0.0221. The molecule has 3 aromatic rings. The molecular formula is C22H26N6O3. The van der Waals surface area contributed by atoms with Gasteiger partial charge < -0.3 is 15.0 Å². The van der Waals surface area contributed by atoms with Gasteiger partial charge in [-0.15, -0.1) is 0 Å². The Morgan fingerprint density at radius 1 is 1.13 bits per heavy atom. The maximum atomic E-state index is 12.8. The van der Waals surface area contributed by atoms with Crippen molar-refractivity contribution in [2.45, 2.75) is 53.2 Å². The fourth-order valence-electron chi connectivity index (χ4n) is 3.46.